The monoisotopic (exact) mass is 545 g/mol. The summed E-state index contributed by atoms with van der Waals surface area (Å²) in [6, 6.07) is 3.83. The molecule has 0 radical (unpaired) electrons. The van der Waals surface area contributed by atoms with Gasteiger partial charge in [-0.1, -0.05) is 70.1 Å². The highest BCUT2D eigenvalue weighted by Crippen LogP contribution is 2.30. The Morgan fingerprint density at radius 3 is 2.21 bits per heavy atom. The van der Waals surface area contributed by atoms with E-state index in [2.05, 4.69) is 17.6 Å². The van der Waals surface area contributed by atoms with Gasteiger partial charge in [0.15, 0.2) is 0 Å². The van der Waals surface area contributed by atoms with Gasteiger partial charge in [-0.15, -0.1) is 0 Å². The summed E-state index contributed by atoms with van der Waals surface area (Å²) in [5, 5.41) is 16.0. The van der Waals surface area contributed by atoms with Gasteiger partial charge in [0.25, 0.3) is 0 Å². The van der Waals surface area contributed by atoms with Crippen molar-refractivity contribution in [3.63, 3.8) is 0 Å². The summed E-state index contributed by atoms with van der Waals surface area (Å²) in [6.07, 6.45) is 9.28. The quantitative estimate of drug-likeness (QED) is 0.285. The number of alkyl carbamates (subject to hydrolysis) is 1. The summed E-state index contributed by atoms with van der Waals surface area (Å²) < 4.78 is 5.35. The second kappa shape index (κ2) is 15.8. The fourth-order valence-corrected chi connectivity index (χ4v) is 5.30. The van der Waals surface area contributed by atoms with E-state index in [9.17, 15) is 19.5 Å². The number of hydrogen-bond acceptors (Lipinski definition) is 5. The van der Waals surface area contributed by atoms with E-state index in [-0.39, 0.29) is 11.9 Å². The molecule has 2 atom stereocenters. The number of ether oxygens (including phenoxy) is 1. The average Bonchev–Trinajstić information content (AvgIpc) is 2.87. The molecule has 3 N–H and O–H groups in total. The van der Waals surface area contributed by atoms with Crippen LogP contribution in [0, 0.1) is 13.8 Å². The molecule has 1 saturated carbocycles. The molecule has 1 aromatic carbocycles. The second-order valence-corrected chi connectivity index (χ2v) is 11.9. The summed E-state index contributed by atoms with van der Waals surface area (Å²) in [6.45, 7) is 11.0. The third-order valence-electron chi connectivity index (χ3n) is 7.28. The van der Waals surface area contributed by atoms with E-state index in [1.54, 1.807) is 25.7 Å². The van der Waals surface area contributed by atoms with Crippen LogP contribution in [0.1, 0.15) is 115 Å². The van der Waals surface area contributed by atoms with Gasteiger partial charge in [0.2, 0.25) is 11.8 Å². The third-order valence-corrected chi connectivity index (χ3v) is 7.28. The Morgan fingerprint density at radius 1 is 1.03 bits per heavy atom. The maximum absolute atomic E-state index is 14.0. The van der Waals surface area contributed by atoms with Crippen molar-refractivity contribution in [2.45, 2.75) is 129 Å². The van der Waals surface area contributed by atoms with Gasteiger partial charge >= 0.3 is 6.09 Å². The van der Waals surface area contributed by atoms with Crippen molar-refractivity contribution in [2.24, 2.45) is 0 Å². The first-order chi connectivity index (χ1) is 18.5. The Hall–Kier alpha value is -2.61. The maximum Gasteiger partial charge on any atom is 0.408 e. The van der Waals surface area contributed by atoms with Gasteiger partial charge in [-0.05, 0) is 70.6 Å². The molecule has 1 fully saturated rings. The molecule has 2 rings (SSSR count). The van der Waals surface area contributed by atoms with E-state index in [0.717, 1.165) is 68.1 Å². The van der Waals surface area contributed by atoms with Crippen molar-refractivity contribution in [3.05, 3.63) is 34.9 Å². The van der Waals surface area contributed by atoms with Gasteiger partial charge in [-0.3, -0.25) is 9.59 Å². The van der Waals surface area contributed by atoms with Crippen LogP contribution in [-0.4, -0.2) is 58.8 Å². The highest BCUT2D eigenvalue weighted by Gasteiger charge is 2.38. The summed E-state index contributed by atoms with van der Waals surface area (Å²) in [5.74, 6) is -0.708. The van der Waals surface area contributed by atoms with Crippen LogP contribution in [0.2, 0.25) is 0 Å². The van der Waals surface area contributed by atoms with Crippen LogP contribution >= 0.6 is 0 Å². The maximum atomic E-state index is 14.0. The number of aliphatic hydroxyl groups excluding tert-OH is 1. The van der Waals surface area contributed by atoms with Crippen molar-refractivity contribution in [1.82, 2.24) is 15.5 Å². The Morgan fingerprint density at radius 2 is 1.64 bits per heavy atom. The van der Waals surface area contributed by atoms with Crippen molar-refractivity contribution < 1.29 is 24.2 Å². The van der Waals surface area contributed by atoms with Gasteiger partial charge in [-0.25, -0.2) is 4.79 Å². The number of aliphatic hydroxyl groups is 1. The SMILES string of the molecule is CCCCCCCN(C(=O)C(CO)NC(=O)OC(C)(C)C)C(C(=O)NC1CCCCC1)c1c(C)cccc1C. The number of aryl methyl sites for hydroxylation is 2. The summed E-state index contributed by atoms with van der Waals surface area (Å²) in [7, 11) is 0. The standard InChI is InChI=1S/C31H51N3O5/c1-7-8-9-10-14-20-34(29(37)25(21-35)33-30(38)39-31(4,5)6)27(26-22(2)16-15-17-23(26)3)28(36)32-24-18-12-11-13-19-24/h15-17,24-25,27,35H,7-14,18-21H2,1-6H3,(H,32,36)(H,33,38). The minimum absolute atomic E-state index is 0.0770. The number of rotatable bonds is 13. The zero-order valence-corrected chi connectivity index (χ0v) is 25.0. The summed E-state index contributed by atoms with van der Waals surface area (Å²) >= 11 is 0. The van der Waals surface area contributed by atoms with Crippen LogP contribution in [0.5, 0.6) is 0 Å². The van der Waals surface area contributed by atoms with E-state index in [1.165, 1.54) is 6.42 Å². The molecule has 8 nitrogen and oxygen atoms in total. The first kappa shape index (κ1) is 32.6. The normalized spacial score (nSPS) is 15.8. The zero-order valence-electron chi connectivity index (χ0n) is 25.0. The molecule has 220 valence electrons. The second-order valence-electron chi connectivity index (χ2n) is 11.9. The number of carbonyl (C=O) groups excluding carboxylic acids is 3. The van der Waals surface area contributed by atoms with Gasteiger partial charge in [-0.2, -0.15) is 0 Å². The number of nitrogens with zero attached hydrogens (tertiary/aromatic N) is 1. The minimum Gasteiger partial charge on any atom is -0.444 e. The van der Waals surface area contributed by atoms with Crippen LogP contribution in [0.15, 0.2) is 18.2 Å². The molecule has 0 saturated heterocycles. The Bertz CT molecular complexity index is 916. The zero-order chi connectivity index (χ0) is 29.0. The van der Waals surface area contributed by atoms with Crippen molar-refractivity contribution >= 4 is 17.9 Å². The predicted molar refractivity (Wildman–Crippen MR) is 154 cm³/mol. The molecule has 0 aliphatic heterocycles. The summed E-state index contributed by atoms with van der Waals surface area (Å²) in [5.41, 5.74) is 1.88. The molecule has 0 heterocycles. The highest BCUT2D eigenvalue weighted by atomic mass is 16.6. The van der Waals surface area contributed by atoms with Crippen LogP contribution < -0.4 is 10.6 Å². The molecule has 0 aromatic heterocycles. The number of amides is 3. The molecule has 0 spiro atoms. The van der Waals surface area contributed by atoms with E-state index >= 15 is 0 Å². The molecular weight excluding hydrogens is 494 g/mol. The largest absolute Gasteiger partial charge is 0.444 e. The smallest absolute Gasteiger partial charge is 0.408 e. The van der Waals surface area contributed by atoms with E-state index in [1.807, 2.05) is 32.0 Å². The van der Waals surface area contributed by atoms with Gasteiger partial charge in [0.05, 0.1) is 6.61 Å². The van der Waals surface area contributed by atoms with Gasteiger partial charge in [0.1, 0.15) is 17.7 Å². The fourth-order valence-electron chi connectivity index (χ4n) is 5.30. The number of carbonyl (C=O) groups is 3. The Labute approximate surface area is 235 Å². The fraction of sp³-hybridized carbons (Fsp3) is 0.710. The van der Waals surface area contributed by atoms with E-state index in [0.29, 0.717) is 13.0 Å². The lowest BCUT2D eigenvalue weighted by Crippen LogP contribution is -2.55. The van der Waals surface area contributed by atoms with Crippen molar-refractivity contribution in [3.8, 4) is 0 Å². The highest BCUT2D eigenvalue weighted by molar-refractivity contribution is 5.92. The Kier molecular flexibility index (Phi) is 13.2. The molecule has 0 bridgehead atoms. The predicted octanol–water partition coefficient (Wildman–Crippen LogP) is 5.48. The number of nitrogens with one attached hydrogen (secondary N) is 2. The van der Waals surface area contributed by atoms with Gasteiger partial charge < -0.3 is 25.4 Å². The minimum atomic E-state index is -1.23. The lowest BCUT2D eigenvalue weighted by Gasteiger charge is -2.36. The third kappa shape index (κ3) is 10.5. The number of benzene rings is 1. The Balaban J connectivity index is 2.45. The van der Waals surface area contributed by atoms with Gasteiger partial charge in [0, 0.05) is 12.6 Å². The van der Waals surface area contributed by atoms with E-state index < -0.39 is 36.3 Å². The van der Waals surface area contributed by atoms with Crippen molar-refractivity contribution in [1.29, 1.82) is 0 Å². The first-order valence-corrected chi connectivity index (χ1v) is 14.8. The average molecular weight is 546 g/mol. The lowest BCUT2D eigenvalue weighted by atomic mass is 9.91. The molecule has 1 aromatic rings. The van der Waals surface area contributed by atoms with Crippen LogP contribution in [0.4, 0.5) is 4.79 Å². The lowest BCUT2D eigenvalue weighted by molar-refractivity contribution is -0.143. The van der Waals surface area contributed by atoms with Crippen LogP contribution in [-0.2, 0) is 14.3 Å². The molecule has 3 amide bonds. The van der Waals surface area contributed by atoms with Crippen LogP contribution in [0.25, 0.3) is 0 Å². The molecule has 39 heavy (non-hydrogen) atoms. The summed E-state index contributed by atoms with van der Waals surface area (Å²) in [4.78, 5) is 42.2. The first-order valence-electron chi connectivity index (χ1n) is 14.8. The molecular formula is C31H51N3O5. The molecule has 8 heteroatoms. The van der Waals surface area contributed by atoms with Crippen molar-refractivity contribution in [2.75, 3.05) is 13.2 Å². The van der Waals surface area contributed by atoms with Crippen LogP contribution in [0.3, 0.4) is 0 Å². The number of hydrogen-bond donors (Lipinski definition) is 3. The molecule has 2 unspecified atom stereocenters. The number of unbranched alkanes of at least 4 members (excludes halogenated alkanes) is 4. The molecule has 1 aliphatic rings. The van der Waals surface area contributed by atoms with E-state index in [4.69, 9.17) is 4.74 Å². The topological polar surface area (TPSA) is 108 Å². The molecule has 1 aliphatic carbocycles.